The number of sulfonamides is 1. The molecule has 0 fully saturated rings. The average Bonchev–Trinajstić information content (AvgIpc) is 3.00. The maximum absolute atomic E-state index is 12.2. The Morgan fingerprint density at radius 2 is 2.12 bits per heavy atom. The Morgan fingerprint density at radius 3 is 2.85 bits per heavy atom. The topological polar surface area (TPSA) is 126 Å². The number of nitrogens with one attached hydrogen (secondary N) is 2. The molecule has 0 saturated carbocycles. The number of aromatic nitrogens is 3. The summed E-state index contributed by atoms with van der Waals surface area (Å²) in [6, 6.07) is 6.32. The van der Waals surface area contributed by atoms with Crippen LogP contribution >= 0.6 is 0 Å². The zero-order valence-electron chi connectivity index (χ0n) is 13.9. The first-order chi connectivity index (χ1) is 12.4. The number of benzene rings is 1. The highest BCUT2D eigenvalue weighted by molar-refractivity contribution is 7.89. The van der Waals surface area contributed by atoms with Crippen molar-refractivity contribution < 1.29 is 18.3 Å². The van der Waals surface area contributed by atoms with E-state index in [1.54, 1.807) is 28.9 Å². The molecule has 0 aliphatic heterocycles. The molecule has 3 aromatic rings. The second-order valence-electron chi connectivity index (χ2n) is 5.49. The molecule has 1 aromatic carbocycles. The van der Waals surface area contributed by atoms with E-state index >= 15 is 0 Å². The summed E-state index contributed by atoms with van der Waals surface area (Å²) in [5.41, 5.74) is 1.70. The molecule has 0 unspecified atom stereocenters. The van der Waals surface area contributed by atoms with Crippen LogP contribution in [0.2, 0.25) is 0 Å². The molecule has 0 atom stereocenters. The van der Waals surface area contributed by atoms with Crippen molar-refractivity contribution >= 4 is 27.4 Å². The SMILES string of the molecule is CC(=O)Nc1cn2cc(-c3cccc(S(=O)(=O)NCCO)c3)ncc2n1. The van der Waals surface area contributed by atoms with Gasteiger partial charge in [0.1, 0.15) is 0 Å². The third-order valence-electron chi connectivity index (χ3n) is 3.49. The van der Waals surface area contributed by atoms with Gasteiger partial charge in [-0.15, -0.1) is 0 Å². The summed E-state index contributed by atoms with van der Waals surface area (Å²) in [7, 11) is -3.71. The smallest absolute Gasteiger partial charge is 0.240 e. The lowest BCUT2D eigenvalue weighted by molar-refractivity contribution is -0.114. The summed E-state index contributed by atoms with van der Waals surface area (Å²) in [5, 5.41) is 11.4. The fraction of sp³-hybridized carbons (Fsp3) is 0.188. The van der Waals surface area contributed by atoms with Gasteiger partial charge in [0.2, 0.25) is 15.9 Å². The van der Waals surface area contributed by atoms with Crippen LogP contribution in [0.15, 0.2) is 47.8 Å². The number of anilines is 1. The minimum Gasteiger partial charge on any atom is -0.395 e. The Balaban J connectivity index is 1.96. The lowest BCUT2D eigenvalue weighted by Gasteiger charge is -2.07. The fourth-order valence-electron chi connectivity index (χ4n) is 2.37. The van der Waals surface area contributed by atoms with Crippen molar-refractivity contribution in [3.05, 3.63) is 42.9 Å². The molecule has 3 rings (SSSR count). The summed E-state index contributed by atoms with van der Waals surface area (Å²) in [6.45, 7) is 1.05. The maximum Gasteiger partial charge on any atom is 0.240 e. The molecule has 10 heteroatoms. The Bertz CT molecular complexity index is 1060. The zero-order valence-corrected chi connectivity index (χ0v) is 14.7. The quantitative estimate of drug-likeness (QED) is 0.580. The van der Waals surface area contributed by atoms with Crippen molar-refractivity contribution in [3.63, 3.8) is 0 Å². The monoisotopic (exact) mass is 375 g/mol. The van der Waals surface area contributed by atoms with Gasteiger partial charge in [-0.3, -0.25) is 9.78 Å². The molecular weight excluding hydrogens is 358 g/mol. The number of hydrogen-bond donors (Lipinski definition) is 3. The van der Waals surface area contributed by atoms with Crippen LogP contribution in [0.5, 0.6) is 0 Å². The number of amides is 1. The van der Waals surface area contributed by atoms with E-state index in [4.69, 9.17) is 5.11 Å². The van der Waals surface area contributed by atoms with E-state index in [-0.39, 0.29) is 24.0 Å². The Morgan fingerprint density at radius 1 is 1.31 bits per heavy atom. The summed E-state index contributed by atoms with van der Waals surface area (Å²) in [5.74, 6) is 0.177. The molecule has 3 N–H and O–H groups in total. The molecular formula is C16H17N5O4S. The number of fused-ring (bicyclic) bond motifs is 1. The molecule has 1 amide bonds. The van der Waals surface area contributed by atoms with Gasteiger partial charge in [0.25, 0.3) is 0 Å². The van der Waals surface area contributed by atoms with Crippen LogP contribution in [0.25, 0.3) is 16.9 Å². The van der Waals surface area contributed by atoms with Crippen molar-refractivity contribution in [3.8, 4) is 11.3 Å². The number of imidazole rings is 1. The van der Waals surface area contributed by atoms with Gasteiger partial charge in [-0.25, -0.2) is 18.1 Å². The number of carbonyl (C=O) groups excluding carboxylic acids is 1. The normalized spacial score (nSPS) is 11.6. The van der Waals surface area contributed by atoms with Crippen LogP contribution in [0.3, 0.4) is 0 Å². The molecule has 0 radical (unpaired) electrons. The zero-order chi connectivity index (χ0) is 18.7. The number of nitrogens with zero attached hydrogens (tertiary/aromatic N) is 3. The van der Waals surface area contributed by atoms with E-state index in [2.05, 4.69) is 20.0 Å². The molecule has 26 heavy (non-hydrogen) atoms. The standard InChI is InChI=1S/C16H17N5O4S/c1-11(23)19-15-10-21-9-14(17-8-16(21)20-15)12-3-2-4-13(7-12)26(24,25)18-5-6-22/h2-4,7-10,18,22H,5-6H2,1H3,(H,19,23). The molecule has 136 valence electrons. The van der Waals surface area contributed by atoms with Gasteiger partial charge in [-0.1, -0.05) is 12.1 Å². The van der Waals surface area contributed by atoms with Gasteiger partial charge >= 0.3 is 0 Å². The molecule has 2 aromatic heterocycles. The highest BCUT2D eigenvalue weighted by atomic mass is 32.2. The van der Waals surface area contributed by atoms with Crippen LogP contribution < -0.4 is 10.0 Å². The van der Waals surface area contributed by atoms with Gasteiger partial charge in [0, 0.05) is 25.2 Å². The van der Waals surface area contributed by atoms with Crippen molar-refractivity contribution in [1.29, 1.82) is 0 Å². The van der Waals surface area contributed by atoms with E-state index in [9.17, 15) is 13.2 Å². The third kappa shape index (κ3) is 3.87. The molecule has 0 bridgehead atoms. The van der Waals surface area contributed by atoms with Gasteiger partial charge < -0.3 is 14.8 Å². The average molecular weight is 375 g/mol. The highest BCUT2D eigenvalue weighted by Crippen LogP contribution is 2.21. The fourth-order valence-corrected chi connectivity index (χ4v) is 3.44. The van der Waals surface area contributed by atoms with Gasteiger partial charge in [0.05, 0.1) is 29.6 Å². The van der Waals surface area contributed by atoms with Crippen molar-refractivity contribution in [2.75, 3.05) is 18.5 Å². The Labute approximate surface area is 149 Å². The van der Waals surface area contributed by atoms with Crippen LogP contribution in [-0.4, -0.2) is 47.0 Å². The number of aliphatic hydroxyl groups is 1. The maximum atomic E-state index is 12.2. The largest absolute Gasteiger partial charge is 0.395 e. The minimum absolute atomic E-state index is 0.0578. The van der Waals surface area contributed by atoms with Crippen molar-refractivity contribution in [1.82, 2.24) is 19.1 Å². The highest BCUT2D eigenvalue weighted by Gasteiger charge is 2.14. The first-order valence-corrected chi connectivity index (χ1v) is 9.21. The summed E-state index contributed by atoms with van der Waals surface area (Å²) < 4.78 is 28.4. The first-order valence-electron chi connectivity index (χ1n) is 7.72. The first kappa shape index (κ1) is 18.0. The predicted octanol–water partition coefficient (Wildman–Crippen LogP) is 0.625. The lowest BCUT2D eigenvalue weighted by Crippen LogP contribution is -2.26. The van der Waals surface area contributed by atoms with Crippen LogP contribution in [0.4, 0.5) is 5.82 Å². The second kappa shape index (κ2) is 7.20. The van der Waals surface area contributed by atoms with Crippen LogP contribution in [0.1, 0.15) is 6.92 Å². The third-order valence-corrected chi connectivity index (χ3v) is 4.95. The van der Waals surface area contributed by atoms with Crippen molar-refractivity contribution in [2.45, 2.75) is 11.8 Å². The minimum atomic E-state index is -3.71. The van der Waals surface area contributed by atoms with E-state index in [0.29, 0.717) is 22.7 Å². The molecule has 0 aliphatic carbocycles. The lowest BCUT2D eigenvalue weighted by atomic mass is 10.2. The summed E-state index contributed by atoms with van der Waals surface area (Å²) >= 11 is 0. The molecule has 0 spiro atoms. The molecule has 2 heterocycles. The van der Waals surface area contributed by atoms with E-state index < -0.39 is 10.0 Å². The molecule has 9 nitrogen and oxygen atoms in total. The van der Waals surface area contributed by atoms with Gasteiger partial charge in [0.15, 0.2) is 11.5 Å². The van der Waals surface area contributed by atoms with Crippen molar-refractivity contribution in [2.24, 2.45) is 0 Å². The number of rotatable bonds is 6. The van der Waals surface area contributed by atoms with E-state index in [1.165, 1.54) is 25.3 Å². The molecule has 0 saturated heterocycles. The van der Waals surface area contributed by atoms with Crippen LogP contribution in [-0.2, 0) is 14.8 Å². The number of carbonyl (C=O) groups is 1. The van der Waals surface area contributed by atoms with E-state index in [1.807, 2.05) is 0 Å². The summed E-state index contributed by atoms with van der Waals surface area (Å²) in [6.07, 6.45) is 4.87. The van der Waals surface area contributed by atoms with Gasteiger partial charge in [-0.05, 0) is 12.1 Å². The number of aliphatic hydroxyl groups excluding tert-OH is 1. The van der Waals surface area contributed by atoms with Crippen LogP contribution in [0, 0.1) is 0 Å². The second-order valence-corrected chi connectivity index (χ2v) is 7.26. The number of hydrogen-bond acceptors (Lipinski definition) is 6. The summed E-state index contributed by atoms with van der Waals surface area (Å²) in [4.78, 5) is 19.7. The Hall–Kier alpha value is -2.82. The Kier molecular flexibility index (Phi) is 4.98. The van der Waals surface area contributed by atoms with E-state index in [0.717, 1.165) is 0 Å². The van der Waals surface area contributed by atoms with Gasteiger partial charge in [-0.2, -0.15) is 0 Å². The predicted molar refractivity (Wildman–Crippen MR) is 95.0 cm³/mol. The molecule has 0 aliphatic rings.